The van der Waals surface area contributed by atoms with Crippen molar-refractivity contribution in [1.29, 1.82) is 0 Å². The molecule has 0 aliphatic rings. The Labute approximate surface area is 289 Å². The summed E-state index contributed by atoms with van der Waals surface area (Å²) in [6, 6.07) is 0. The minimum absolute atomic E-state index is 0.00552. The van der Waals surface area contributed by atoms with E-state index in [1.165, 1.54) is 153 Å². The van der Waals surface area contributed by atoms with Crippen molar-refractivity contribution >= 4 is 19.9 Å². The minimum Gasteiger partial charge on any atom is -0.466 e. The highest BCUT2D eigenvalue weighted by Crippen LogP contribution is 2.39. The Hall–Kier alpha value is -0.670. The highest BCUT2D eigenvalue weighted by Gasteiger charge is 2.09. The fourth-order valence-electron chi connectivity index (χ4n) is 6.00. The number of carbonyl (C=O) groups excluding carboxylic acids is 2. The van der Waals surface area contributed by atoms with Crippen LogP contribution in [0.5, 0.6) is 0 Å². The molecule has 0 saturated carbocycles. The molecule has 5 nitrogen and oxygen atoms in total. The third-order valence-corrected chi connectivity index (χ3v) is 11.9. The molecule has 0 N–H and O–H groups in total. The number of ether oxygens (including phenoxy) is 2. The van der Waals surface area contributed by atoms with Gasteiger partial charge in [-0.15, -0.1) is 7.92 Å². The molecule has 0 radical (unpaired) electrons. The second kappa shape index (κ2) is 37.2. The van der Waals surface area contributed by atoms with E-state index >= 15 is 0 Å². The number of hydrogen-bond acceptors (Lipinski definition) is 5. The van der Waals surface area contributed by atoms with Gasteiger partial charge in [-0.25, -0.2) is 0 Å². The lowest BCUT2D eigenvalue weighted by Crippen LogP contribution is -2.13. The Morgan fingerprint density at radius 1 is 0.435 bits per heavy atom. The smallest absolute Gasteiger partial charge is 0.305 e. The van der Waals surface area contributed by atoms with Gasteiger partial charge in [0, 0.05) is 12.8 Å². The van der Waals surface area contributed by atoms with Crippen molar-refractivity contribution in [2.45, 2.75) is 194 Å². The van der Waals surface area contributed by atoms with E-state index in [0.29, 0.717) is 26.1 Å². The molecule has 6 heteroatoms. The third-order valence-electron chi connectivity index (χ3n) is 9.06. The van der Waals surface area contributed by atoms with Crippen molar-refractivity contribution < 1.29 is 19.1 Å². The Morgan fingerprint density at radius 2 is 0.761 bits per heavy atom. The van der Waals surface area contributed by atoms with Gasteiger partial charge < -0.3 is 14.4 Å². The molecule has 274 valence electrons. The molecule has 0 unspecified atom stereocenters. The highest BCUT2D eigenvalue weighted by atomic mass is 31.1. The molecule has 0 aliphatic heterocycles. The maximum atomic E-state index is 12.0. The predicted octanol–water partition coefficient (Wildman–Crippen LogP) is 12.1. The van der Waals surface area contributed by atoms with Gasteiger partial charge in [0.2, 0.25) is 0 Å². The maximum absolute atomic E-state index is 12.0. The van der Waals surface area contributed by atoms with Gasteiger partial charge >= 0.3 is 11.9 Å². The highest BCUT2D eigenvalue weighted by molar-refractivity contribution is 7.57. The van der Waals surface area contributed by atoms with Crippen LogP contribution in [0.3, 0.4) is 0 Å². The summed E-state index contributed by atoms with van der Waals surface area (Å²) in [7, 11) is 4.49. The number of hydrogen-bond donors (Lipinski definition) is 0. The number of carbonyl (C=O) groups is 2. The first-order chi connectivity index (χ1) is 22.5. The average Bonchev–Trinajstić information content (AvgIpc) is 3.04. The van der Waals surface area contributed by atoms with Gasteiger partial charge in [0.25, 0.3) is 0 Å². The van der Waals surface area contributed by atoms with Crippen LogP contribution in [0.15, 0.2) is 0 Å². The largest absolute Gasteiger partial charge is 0.466 e. The first kappa shape index (κ1) is 45.3. The van der Waals surface area contributed by atoms with Gasteiger partial charge in [-0.3, -0.25) is 9.59 Å². The van der Waals surface area contributed by atoms with Gasteiger partial charge in [0.15, 0.2) is 0 Å². The SMILES string of the molecule is CCCCCCCCCOC(=O)CCCCCCCP(CCCCCCCC(=O)OCCCCCCCCC)CCCCN(C)C. The normalized spacial score (nSPS) is 11.5. The molecule has 0 atom stereocenters. The Morgan fingerprint density at radius 3 is 1.15 bits per heavy atom. The Bertz CT molecular complexity index is 599. The van der Waals surface area contributed by atoms with E-state index in [9.17, 15) is 9.59 Å². The molecule has 0 spiro atoms. The molecule has 0 aromatic carbocycles. The van der Waals surface area contributed by atoms with E-state index in [0.717, 1.165) is 38.5 Å². The van der Waals surface area contributed by atoms with Crippen molar-refractivity contribution in [3.8, 4) is 0 Å². The summed E-state index contributed by atoms with van der Waals surface area (Å²) < 4.78 is 10.9. The van der Waals surface area contributed by atoms with Crippen LogP contribution in [-0.2, 0) is 19.1 Å². The van der Waals surface area contributed by atoms with E-state index in [2.05, 4.69) is 32.8 Å². The standard InChI is InChI=1S/C40H80NO4P/c1-5-7-9-11-13-19-26-34-44-39(42)31-23-17-15-21-28-36-46(38-30-25-33-41(3)4)37-29-22-16-18-24-32-40(43)45-35-27-20-14-12-10-8-6-2/h5-38H2,1-4H3. The number of nitrogens with zero attached hydrogens (tertiary/aromatic N) is 1. The van der Waals surface area contributed by atoms with E-state index in [1.807, 2.05) is 0 Å². The maximum Gasteiger partial charge on any atom is 0.305 e. The van der Waals surface area contributed by atoms with Gasteiger partial charge in [-0.2, -0.15) is 0 Å². The fourth-order valence-corrected chi connectivity index (χ4v) is 8.69. The van der Waals surface area contributed by atoms with E-state index < -0.39 is 0 Å². The van der Waals surface area contributed by atoms with Gasteiger partial charge in [0.1, 0.15) is 0 Å². The van der Waals surface area contributed by atoms with Crippen LogP contribution in [0.2, 0.25) is 0 Å². The van der Waals surface area contributed by atoms with Crippen LogP contribution < -0.4 is 0 Å². The third kappa shape index (κ3) is 36.2. The minimum atomic E-state index is 0.00552. The van der Waals surface area contributed by atoms with Crippen molar-refractivity contribution in [2.75, 3.05) is 52.3 Å². The average molecular weight is 670 g/mol. The van der Waals surface area contributed by atoms with Crippen LogP contribution in [0.4, 0.5) is 0 Å². The molecular weight excluding hydrogens is 589 g/mol. The molecule has 0 aromatic rings. The van der Waals surface area contributed by atoms with Crippen molar-refractivity contribution in [3.63, 3.8) is 0 Å². The monoisotopic (exact) mass is 670 g/mol. The lowest BCUT2D eigenvalue weighted by atomic mass is 10.1. The zero-order valence-corrected chi connectivity index (χ0v) is 32.5. The lowest BCUT2D eigenvalue weighted by molar-refractivity contribution is -0.144. The summed E-state index contributed by atoms with van der Waals surface area (Å²) in [5, 5.41) is 0. The molecule has 0 heterocycles. The second-order valence-electron chi connectivity index (χ2n) is 14.1. The molecule has 0 aliphatic carbocycles. The summed E-state index contributed by atoms with van der Waals surface area (Å²) in [5.41, 5.74) is 0. The summed E-state index contributed by atoms with van der Waals surface area (Å²) in [6.45, 7) is 6.92. The predicted molar refractivity (Wildman–Crippen MR) is 203 cm³/mol. The topological polar surface area (TPSA) is 55.8 Å². The van der Waals surface area contributed by atoms with Crippen LogP contribution in [0, 0.1) is 0 Å². The second-order valence-corrected chi connectivity index (χ2v) is 16.8. The van der Waals surface area contributed by atoms with Gasteiger partial charge in [-0.1, -0.05) is 129 Å². The summed E-state index contributed by atoms with van der Waals surface area (Å²) in [6.07, 6.45) is 37.8. The first-order valence-corrected chi connectivity index (χ1v) is 22.1. The van der Waals surface area contributed by atoms with Crippen LogP contribution in [0.25, 0.3) is 0 Å². The summed E-state index contributed by atoms with van der Waals surface area (Å²) >= 11 is 0. The number of rotatable bonds is 37. The van der Waals surface area contributed by atoms with Crippen molar-refractivity contribution in [3.05, 3.63) is 0 Å². The zero-order valence-electron chi connectivity index (χ0n) is 31.6. The van der Waals surface area contributed by atoms with Crippen LogP contribution in [-0.4, -0.2) is 69.2 Å². The van der Waals surface area contributed by atoms with Gasteiger partial charge in [-0.05, 0) is 90.5 Å². The molecule has 0 bridgehead atoms. The van der Waals surface area contributed by atoms with E-state index in [1.54, 1.807) is 0 Å². The van der Waals surface area contributed by atoms with Crippen molar-refractivity contribution in [2.24, 2.45) is 0 Å². The molecule has 0 aromatic heterocycles. The number of esters is 2. The van der Waals surface area contributed by atoms with E-state index in [-0.39, 0.29) is 19.9 Å². The zero-order chi connectivity index (χ0) is 33.8. The van der Waals surface area contributed by atoms with Crippen LogP contribution >= 0.6 is 7.92 Å². The first-order valence-electron chi connectivity index (χ1n) is 20.2. The molecule has 0 amide bonds. The molecular formula is C40H80NO4P. The molecule has 0 saturated heterocycles. The Kier molecular flexibility index (Phi) is 36.6. The lowest BCUT2D eigenvalue weighted by Gasteiger charge is -2.18. The van der Waals surface area contributed by atoms with E-state index in [4.69, 9.17) is 9.47 Å². The number of unbranched alkanes of at least 4 members (excludes halogenated alkanes) is 21. The quantitative estimate of drug-likeness (QED) is 0.0374. The summed E-state index contributed by atoms with van der Waals surface area (Å²) in [5.74, 6) is 0.0110. The Balaban J connectivity index is 3.86. The fraction of sp³-hybridized carbons (Fsp3) is 0.950. The van der Waals surface area contributed by atoms with Gasteiger partial charge in [0.05, 0.1) is 13.2 Å². The van der Waals surface area contributed by atoms with Crippen LogP contribution in [0.1, 0.15) is 194 Å². The van der Waals surface area contributed by atoms with Crippen molar-refractivity contribution in [1.82, 2.24) is 4.90 Å². The molecule has 0 rings (SSSR count). The molecule has 46 heavy (non-hydrogen) atoms. The summed E-state index contributed by atoms with van der Waals surface area (Å²) in [4.78, 5) is 26.3. The molecule has 0 fully saturated rings.